The van der Waals surface area contributed by atoms with Crippen LogP contribution in [0.2, 0.25) is 0 Å². The van der Waals surface area contributed by atoms with Crippen molar-refractivity contribution in [3.63, 3.8) is 0 Å². The molecule has 3 fully saturated rings. The van der Waals surface area contributed by atoms with Crippen molar-refractivity contribution in [2.24, 2.45) is 57.7 Å². The van der Waals surface area contributed by atoms with Crippen LogP contribution in [-0.2, 0) is 4.79 Å². The molecule has 1 N–H and O–H groups in total. The predicted octanol–water partition coefficient (Wildman–Crippen LogP) is 7.06. The summed E-state index contributed by atoms with van der Waals surface area (Å²) >= 11 is 0. The molecule has 0 radical (unpaired) electrons. The number of aliphatic hydroxyl groups is 1. The largest absolute Gasteiger partial charge is 0.396 e. The highest BCUT2D eigenvalue weighted by Crippen LogP contribution is 2.69. The number of fused-ring (bicyclic) bond motifs is 5. The predicted molar refractivity (Wildman–Crippen MR) is 129 cm³/mol. The maximum atomic E-state index is 12.7. The number of hydrogen-bond donors (Lipinski definition) is 1. The number of carbonyl (C=O) groups excluding carboxylic acids is 1. The van der Waals surface area contributed by atoms with Gasteiger partial charge in [0.25, 0.3) is 0 Å². The number of rotatable bonds is 6. The molecule has 3 saturated carbocycles. The Labute approximate surface area is 191 Å². The van der Waals surface area contributed by atoms with Gasteiger partial charge < -0.3 is 5.11 Å². The Bertz CT molecular complexity index is 708. The Morgan fingerprint density at radius 1 is 1.00 bits per heavy atom. The summed E-state index contributed by atoms with van der Waals surface area (Å²) in [5.74, 6) is 5.45. The third-order valence-electron chi connectivity index (χ3n) is 11.3. The maximum absolute atomic E-state index is 12.7. The van der Waals surface area contributed by atoms with Gasteiger partial charge in [0.05, 0.1) is 0 Å². The van der Waals surface area contributed by atoms with E-state index in [2.05, 4.69) is 47.6 Å². The van der Waals surface area contributed by atoms with Gasteiger partial charge in [0.2, 0.25) is 0 Å². The fourth-order valence-electron chi connectivity index (χ4n) is 9.47. The van der Waals surface area contributed by atoms with Crippen molar-refractivity contribution in [3.05, 3.63) is 12.2 Å². The number of ketones is 1. The smallest absolute Gasteiger partial charge is 0.161 e. The zero-order valence-corrected chi connectivity index (χ0v) is 21.1. The van der Waals surface area contributed by atoms with Gasteiger partial charge in [-0.05, 0) is 103 Å². The van der Waals surface area contributed by atoms with Crippen LogP contribution < -0.4 is 0 Å². The molecule has 176 valence electrons. The van der Waals surface area contributed by atoms with Crippen LogP contribution in [0.1, 0.15) is 99.3 Å². The van der Waals surface area contributed by atoms with Crippen LogP contribution in [0, 0.1) is 57.7 Å². The van der Waals surface area contributed by atoms with Gasteiger partial charge in [0.1, 0.15) is 0 Å². The molecular weight excluding hydrogens is 380 g/mol. The highest BCUT2D eigenvalue weighted by Gasteiger charge is 2.62. The van der Waals surface area contributed by atoms with Crippen LogP contribution in [0.25, 0.3) is 0 Å². The van der Waals surface area contributed by atoms with E-state index >= 15 is 0 Å². The van der Waals surface area contributed by atoms with E-state index in [-0.39, 0.29) is 10.8 Å². The molecule has 4 rings (SSSR count). The second kappa shape index (κ2) is 8.30. The molecule has 0 amide bonds. The van der Waals surface area contributed by atoms with Crippen LogP contribution in [0.3, 0.4) is 0 Å². The molecule has 0 bridgehead atoms. The molecule has 0 aromatic heterocycles. The van der Waals surface area contributed by atoms with E-state index in [4.69, 9.17) is 0 Å². The molecule has 9 atom stereocenters. The molecule has 1 unspecified atom stereocenters. The van der Waals surface area contributed by atoms with E-state index in [9.17, 15) is 9.90 Å². The molecule has 4 aliphatic carbocycles. The van der Waals surface area contributed by atoms with Gasteiger partial charge in [-0.25, -0.2) is 0 Å². The molecule has 0 heterocycles. The topological polar surface area (TPSA) is 37.3 Å². The molecule has 0 saturated heterocycles. The van der Waals surface area contributed by atoms with Crippen molar-refractivity contribution in [2.75, 3.05) is 6.61 Å². The van der Waals surface area contributed by atoms with E-state index in [1.54, 1.807) is 0 Å². The standard InChI is InChI=1S/C29H48O2/c1-19(18-30)8-7-9-20(2)22-11-12-23-21-10-13-25-27(3,4)26(31)15-17-29(25,6)24(21)14-16-28(22,23)5/h15,17,19-25,30H,7-14,16,18H2,1-6H3/t19-,20+,21-,22+,23-,24-,25?,28+,29+/m0/s1. The molecule has 0 aliphatic heterocycles. The van der Waals surface area contributed by atoms with Crippen LogP contribution in [-0.4, -0.2) is 17.5 Å². The Kier molecular flexibility index (Phi) is 6.30. The van der Waals surface area contributed by atoms with E-state index in [0.29, 0.717) is 29.6 Å². The summed E-state index contributed by atoms with van der Waals surface area (Å²) in [7, 11) is 0. The first-order valence-electron chi connectivity index (χ1n) is 13.4. The zero-order chi connectivity index (χ0) is 22.6. The summed E-state index contributed by atoms with van der Waals surface area (Å²) in [4.78, 5) is 12.7. The Morgan fingerprint density at radius 3 is 2.45 bits per heavy atom. The first-order valence-corrected chi connectivity index (χ1v) is 13.4. The number of hydrogen-bond acceptors (Lipinski definition) is 2. The highest BCUT2D eigenvalue weighted by molar-refractivity contribution is 5.95. The molecular formula is C29H48O2. The maximum Gasteiger partial charge on any atom is 0.161 e. The summed E-state index contributed by atoms with van der Waals surface area (Å²) in [5.41, 5.74) is 0.509. The quantitative estimate of drug-likeness (QED) is 0.491. The number of allylic oxidation sites excluding steroid dienone is 2. The van der Waals surface area contributed by atoms with Crippen molar-refractivity contribution < 1.29 is 9.90 Å². The van der Waals surface area contributed by atoms with Crippen LogP contribution in [0.4, 0.5) is 0 Å². The number of aliphatic hydroxyl groups excluding tert-OH is 1. The van der Waals surface area contributed by atoms with Gasteiger partial charge in [-0.1, -0.05) is 60.5 Å². The first kappa shape index (κ1) is 23.5. The summed E-state index contributed by atoms with van der Waals surface area (Å²) in [6.07, 6.45) is 16.2. The summed E-state index contributed by atoms with van der Waals surface area (Å²) in [6, 6.07) is 0. The summed E-state index contributed by atoms with van der Waals surface area (Å²) in [6.45, 7) is 14.6. The minimum Gasteiger partial charge on any atom is -0.396 e. The Balaban J connectivity index is 1.50. The van der Waals surface area contributed by atoms with Gasteiger partial charge in [-0.2, -0.15) is 0 Å². The average Bonchev–Trinajstić information content (AvgIpc) is 3.08. The lowest BCUT2D eigenvalue weighted by molar-refractivity contribution is -0.142. The second-order valence-electron chi connectivity index (χ2n) is 13.2. The van der Waals surface area contributed by atoms with Gasteiger partial charge in [-0.3, -0.25) is 4.79 Å². The zero-order valence-electron chi connectivity index (χ0n) is 21.1. The second-order valence-corrected chi connectivity index (χ2v) is 13.2. The third-order valence-corrected chi connectivity index (χ3v) is 11.3. The Morgan fingerprint density at radius 2 is 1.74 bits per heavy atom. The number of carbonyl (C=O) groups is 1. The average molecular weight is 429 g/mol. The monoisotopic (exact) mass is 428 g/mol. The van der Waals surface area contributed by atoms with Crippen molar-refractivity contribution in [1.29, 1.82) is 0 Å². The molecule has 2 nitrogen and oxygen atoms in total. The van der Waals surface area contributed by atoms with E-state index < -0.39 is 0 Å². The third kappa shape index (κ3) is 3.68. The normalized spacial score (nSPS) is 45.5. The minimum absolute atomic E-state index is 0.200. The van der Waals surface area contributed by atoms with Crippen LogP contribution in [0.15, 0.2) is 12.2 Å². The molecule has 4 aliphatic rings. The summed E-state index contributed by atoms with van der Waals surface area (Å²) < 4.78 is 0. The van der Waals surface area contributed by atoms with Crippen molar-refractivity contribution in [3.8, 4) is 0 Å². The van der Waals surface area contributed by atoms with Crippen molar-refractivity contribution >= 4 is 5.78 Å². The fraction of sp³-hybridized carbons (Fsp3) is 0.897. The lowest BCUT2D eigenvalue weighted by atomic mass is 9.42. The van der Waals surface area contributed by atoms with E-state index in [1.165, 1.54) is 57.8 Å². The molecule has 31 heavy (non-hydrogen) atoms. The van der Waals surface area contributed by atoms with Gasteiger partial charge in [-0.15, -0.1) is 0 Å². The van der Waals surface area contributed by atoms with Crippen LogP contribution in [0.5, 0.6) is 0 Å². The highest BCUT2D eigenvalue weighted by atomic mass is 16.3. The molecule has 0 aromatic carbocycles. The van der Waals surface area contributed by atoms with Crippen LogP contribution >= 0.6 is 0 Å². The SMILES string of the molecule is C[C@H](CO)CCC[C@@H](C)[C@H]1CC[C@H]2[C@@H]3CCC4C(C)(C)C(=O)C=C[C@]4(C)[C@H]3CC[C@]12C. The van der Waals surface area contributed by atoms with E-state index in [1.807, 2.05) is 6.08 Å². The van der Waals surface area contributed by atoms with Gasteiger partial charge in [0, 0.05) is 12.0 Å². The van der Waals surface area contributed by atoms with Gasteiger partial charge in [0.15, 0.2) is 5.78 Å². The lowest BCUT2D eigenvalue weighted by Gasteiger charge is -2.62. The van der Waals surface area contributed by atoms with E-state index in [0.717, 1.165) is 29.6 Å². The van der Waals surface area contributed by atoms with Crippen molar-refractivity contribution in [2.45, 2.75) is 99.3 Å². The molecule has 0 spiro atoms. The lowest BCUT2D eigenvalue weighted by Crippen LogP contribution is -2.56. The van der Waals surface area contributed by atoms with Gasteiger partial charge >= 0.3 is 0 Å². The minimum atomic E-state index is -0.201. The fourth-order valence-corrected chi connectivity index (χ4v) is 9.47. The van der Waals surface area contributed by atoms with Crippen molar-refractivity contribution in [1.82, 2.24) is 0 Å². The molecule has 0 aromatic rings. The summed E-state index contributed by atoms with van der Waals surface area (Å²) in [5, 5.41) is 9.34. The first-order chi connectivity index (χ1) is 14.6. The Hall–Kier alpha value is -0.630. The molecule has 2 heteroatoms.